The van der Waals surface area contributed by atoms with Gasteiger partial charge in [0.25, 0.3) is 5.56 Å². The highest BCUT2D eigenvalue weighted by atomic mass is 32.1. The van der Waals surface area contributed by atoms with E-state index in [9.17, 15) is 13.6 Å². The van der Waals surface area contributed by atoms with Gasteiger partial charge in [0.2, 0.25) is 0 Å². The molecule has 1 aliphatic rings. The lowest BCUT2D eigenvalue weighted by atomic mass is 10.2. The number of hydrogen-bond acceptors (Lipinski definition) is 2. The van der Waals surface area contributed by atoms with Crippen molar-refractivity contribution in [3.05, 3.63) is 38.9 Å². The predicted molar refractivity (Wildman–Crippen MR) is 61.6 cm³/mol. The van der Waals surface area contributed by atoms with Crippen LogP contribution in [0.4, 0.5) is 8.78 Å². The summed E-state index contributed by atoms with van der Waals surface area (Å²) in [5, 5.41) is 0.00278. The third-order valence-corrected chi connectivity index (χ3v) is 3.17. The third kappa shape index (κ3) is 1.59. The van der Waals surface area contributed by atoms with Crippen molar-refractivity contribution in [2.45, 2.75) is 18.9 Å². The first-order valence-electron chi connectivity index (χ1n) is 5.21. The number of nitrogens with zero attached hydrogens (tertiary/aromatic N) is 1. The molecular weight excluding hydrogens is 246 g/mol. The molecule has 0 saturated heterocycles. The van der Waals surface area contributed by atoms with Crippen LogP contribution in [0.1, 0.15) is 18.9 Å². The Morgan fingerprint density at radius 2 is 2.06 bits per heavy atom. The number of hydrogen-bond donors (Lipinski definition) is 1. The maximum absolute atomic E-state index is 13.5. The Hall–Kier alpha value is -1.56. The minimum absolute atomic E-state index is 0.00278. The second kappa shape index (κ2) is 3.46. The van der Waals surface area contributed by atoms with Crippen molar-refractivity contribution >= 4 is 23.1 Å². The fourth-order valence-electron chi connectivity index (χ4n) is 1.92. The molecule has 0 unspecified atom stereocenters. The maximum Gasteiger partial charge on any atom is 0.262 e. The van der Waals surface area contributed by atoms with Gasteiger partial charge >= 0.3 is 0 Å². The van der Waals surface area contributed by atoms with E-state index in [0.717, 1.165) is 25.0 Å². The van der Waals surface area contributed by atoms with Crippen molar-refractivity contribution in [1.82, 2.24) is 9.55 Å². The molecular formula is C11H8F2N2OS. The Bertz CT molecular complexity index is 731. The van der Waals surface area contributed by atoms with Crippen molar-refractivity contribution in [3.8, 4) is 0 Å². The molecule has 1 aliphatic carbocycles. The Kier molecular flexibility index (Phi) is 2.16. The van der Waals surface area contributed by atoms with Crippen LogP contribution < -0.4 is 5.56 Å². The number of H-pyrrole nitrogens is 1. The molecule has 6 heteroatoms. The van der Waals surface area contributed by atoms with Gasteiger partial charge in [-0.1, -0.05) is 0 Å². The van der Waals surface area contributed by atoms with Crippen LogP contribution in [-0.4, -0.2) is 9.55 Å². The predicted octanol–water partition coefficient (Wildman–Crippen LogP) is 2.67. The van der Waals surface area contributed by atoms with Gasteiger partial charge < -0.3 is 4.98 Å². The molecule has 2 aromatic rings. The Balaban J connectivity index is 2.49. The molecule has 1 fully saturated rings. The molecule has 0 aliphatic heterocycles. The molecule has 3 rings (SSSR count). The van der Waals surface area contributed by atoms with E-state index in [1.807, 2.05) is 0 Å². The van der Waals surface area contributed by atoms with Crippen molar-refractivity contribution in [3.63, 3.8) is 0 Å². The van der Waals surface area contributed by atoms with E-state index in [2.05, 4.69) is 4.98 Å². The minimum atomic E-state index is -0.800. The van der Waals surface area contributed by atoms with Crippen LogP contribution in [0, 0.1) is 16.4 Å². The highest BCUT2D eigenvalue weighted by Crippen LogP contribution is 2.34. The van der Waals surface area contributed by atoms with Gasteiger partial charge in [-0.3, -0.25) is 9.36 Å². The van der Waals surface area contributed by atoms with Gasteiger partial charge in [-0.15, -0.1) is 0 Å². The van der Waals surface area contributed by atoms with Crippen LogP contribution in [0.25, 0.3) is 10.9 Å². The molecule has 1 aromatic carbocycles. The zero-order chi connectivity index (χ0) is 12.2. The molecule has 88 valence electrons. The molecule has 1 saturated carbocycles. The summed E-state index contributed by atoms with van der Waals surface area (Å²) in [6.45, 7) is 0. The lowest BCUT2D eigenvalue weighted by Gasteiger charge is -2.06. The summed E-state index contributed by atoms with van der Waals surface area (Å²) in [5.74, 6) is -1.56. The van der Waals surface area contributed by atoms with Crippen molar-refractivity contribution in [2.24, 2.45) is 0 Å². The van der Waals surface area contributed by atoms with Gasteiger partial charge in [0, 0.05) is 12.1 Å². The van der Waals surface area contributed by atoms with Crippen LogP contribution >= 0.6 is 12.2 Å². The van der Waals surface area contributed by atoms with E-state index < -0.39 is 17.2 Å². The smallest absolute Gasteiger partial charge is 0.262 e. The second-order valence-electron chi connectivity index (χ2n) is 4.15. The zero-order valence-electron chi connectivity index (χ0n) is 8.67. The SMILES string of the molecule is O=c1c2cc(F)cc(F)c2[nH]c(=S)n1C1CC1. The minimum Gasteiger partial charge on any atom is -0.329 e. The van der Waals surface area contributed by atoms with Gasteiger partial charge in [0.1, 0.15) is 11.6 Å². The normalized spacial score (nSPS) is 15.4. The average Bonchev–Trinajstić information content (AvgIpc) is 3.04. The number of halogens is 2. The average molecular weight is 254 g/mol. The van der Waals surface area contributed by atoms with Gasteiger partial charge in [0.15, 0.2) is 4.77 Å². The molecule has 1 heterocycles. The summed E-state index contributed by atoms with van der Waals surface area (Å²) in [5.41, 5.74) is -0.456. The van der Waals surface area contributed by atoms with E-state index in [0.29, 0.717) is 0 Å². The van der Waals surface area contributed by atoms with Gasteiger partial charge in [-0.05, 0) is 31.1 Å². The van der Waals surface area contributed by atoms with Crippen LogP contribution in [0.5, 0.6) is 0 Å². The first kappa shape index (κ1) is 10.6. The first-order chi connectivity index (χ1) is 8.08. The summed E-state index contributed by atoms with van der Waals surface area (Å²) in [4.78, 5) is 14.7. The number of benzene rings is 1. The van der Waals surface area contributed by atoms with Gasteiger partial charge in [-0.25, -0.2) is 8.78 Å². The number of aromatic amines is 1. The van der Waals surface area contributed by atoms with Crippen LogP contribution in [0.3, 0.4) is 0 Å². The lowest BCUT2D eigenvalue weighted by Crippen LogP contribution is -2.21. The molecule has 0 spiro atoms. The summed E-state index contributed by atoms with van der Waals surface area (Å²) in [6.07, 6.45) is 1.75. The third-order valence-electron chi connectivity index (χ3n) is 2.87. The summed E-state index contributed by atoms with van der Waals surface area (Å²) in [7, 11) is 0. The molecule has 3 nitrogen and oxygen atoms in total. The molecule has 0 radical (unpaired) electrons. The van der Waals surface area contributed by atoms with Crippen molar-refractivity contribution in [1.29, 1.82) is 0 Å². The molecule has 0 atom stereocenters. The van der Waals surface area contributed by atoms with Crippen LogP contribution in [0.15, 0.2) is 16.9 Å². The standard InChI is InChI=1S/C11H8F2N2OS/c12-5-3-7-9(8(13)4-5)14-11(17)15(10(7)16)6-1-2-6/h3-4,6H,1-2H2,(H,14,17). The van der Waals surface area contributed by atoms with E-state index >= 15 is 0 Å². The number of nitrogens with one attached hydrogen (secondary N) is 1. The molecule has 0 bridgehead atoms. The molecule has 0 amide bonds. The maximum atomic E-state index is 13.5. The number of fused-ring (bicyclic) bond motifs is 1. The molecule has 1 N–H and O–H groups in total. The fourth-order valence-corrected chi connectivity index (χ4v) is 2.26. The summed E-state index contributed by atoms with van der Waals surface area (Å²) < 4.78 is 28.2. The fraction of sp³-hybridized carbons (Fsp3) is 0.273. The molecule has 17 heavy (non-hydrogen) atoms. The van der Waals surface area contributed by atoms with Crippen molar-refractivity contribution in [2.75, 3.05) is 0 Å². The van der Waals surface area contributed by atoms with E-state index in [-0.39, 0.29) is 21.7 Å². The first-order valence-corrected chi connectivity index (χ1v) is 5.62. The second-order valence-corrected chi connectivity index (χ2v) is 4.53. The quantitative estimate of drug-likeness (QED) is 0.794. The Morgan fingerprint density at radius 1 is 1.35 bits per heavy atom. The monoisotopic (exact) mass is 254 g/mol. The zero-order valence-corrected chi connectivity index (χ0v) is 9.48. The lowest BCUT2D eigenvalue weighted by molar-refractivity contribution is 0.587. The molecule has 1 aromatic heterocycles. The summed E-state index contributed by atoms with van der Waals surface area (Å²) in [6, 6.07) is 1.83. The topological polar surface area (TPSA) is 37.8 Å². The Morgan fingerprint density at radius 3 is 2.71 bits per heavy atom. The van der Waals surface area contributed by atoms with Crippen LogP contribution in [-0.2, 0) is 0 Å². The largest absolute Gasteiger partial charge is 0.329 e. The van der Waals surface area contributed by atoms with E-state index in [1.165, 1.54) is 4.57 Å². The van der Waals surface area contributed by atoms with Gasteiger partial charge in [0.05, 0.1) is 10.9 Å². The van der Waals surface area contributed by atoms with Crippen LogP contribution in [0.2, 0.25) is 0 Å². The highest BCUT2D eigenvalue weighted by molar-refractivity contribution is 7.71. The highest BCUT2D eigenvalue weighted by Gasteiger charge is 2.26. The number of rotatable bonds is 1. The van der Waals surface area contributed by atoms with Gasteiger partial charge in [-0.2, -0.15) is 0 Å². The van der Waals surface area contributed by atoms with E-state index in [4.69, 9.17) is 12.2 Å². The van der Waals surface area contributed by atoms with Crippen molar-refractivity contribution < 1.29 is 8.78 Å². The van der Waals surface area contributed by atoms with E-state index in [1.54, 1.807) is 0 Å². The Labute approximate surface area is 99.7 Å². The number of aromatic nitrogens is 2. The summed E-state index contributed by atoms with van der Waals surface area (Å²) >= 11 is 5.02.